The minimum absolute atomic E-state index is 0.0133. The highest BCUT2D eigenvalue weighted by Crippen LogP contribution is 2.34. The molecule has 2 fully saturated rings. The van der Waals surface area contributed by atoms with Crippen LogP contribution in [0.5, 0.6) is 6.01 Å². The van der Waals surface area contributed by atoms with Crippen LogP contribution in [0.1, 0.15) is 31.2 Å². The van der Waals surface area contributed by atoms with Crippen LogP contribution in [-0.2, 0) is 21.2 Å². The average molecular weight is 653 g/mol. The lowest BCUT2D eigenvalue weighted by molar-refractivity contribution is -0.143. The first-order chi connectivity index (χ1) is 22.0. The molecule has 9 nitrogen and oxygen atoms in total. The predicted octanol–water partition coefficient (Wildman–Crippen LogP) is 5.36. The van der Waals surface area contributed by atoms with E-state index in [1.54, 1.807) is 12.1 Å². The number of hydrogen-bond acceptors (Lipinski definition) is 7. The molecule has 2 heterocycles. The van der Waals surface area contributed by atoms with Crippen molar-refractivity contribution in [2.24, 2.45) is 5.92 Å². The molecule has 3 aromatic carbocycles. The van der Waals surface area contributed by atoms with Crippen LogP contribution in [0.25, 0.3) is 33.3 Å². The Labute approximate surface area is 267 Å². The number of aromatic amines is 1. The molecule has 1 saturated heterocycles. The van der Waals surface area contributed by atoms with Gasteiger partial charge in [0.15, 0.2) is 5.82 Å². The van der Waals surface area contributed by atoms with E-state index in [4.69, 9.17) is 4.74 Å². The number of carboxylic acid groups (broad SMARTS) is 1. The van der Waals surface area contributed by atoms with E-state index in [0.29, 0.717) is 37.8 Å². The van der Waals surface area contributed by atoms with E-state index < -0.39 is 27.4 Å². The van der Waals surface area contributed by atoms with Crippen LogP contribution in [0.4, 0.5) is 8.78 Å². The van der Waals surface area contributed by atoms with Gasteiger partial charge in [-0.3, -0.25) is 14.6 Å². The van der Waals surface area contributed by atoms with Crippen LogP contribution < -0.4 is 4.74 Å². The predicted molar refractivity (Wildman–Crippen MR) is 172 cm³/mol. The Morgan fingerprint density at radius 3 is 2.13 bits per heavy atom. The van der Waals surface area contributed by atoms with Crippen molar-refractivity contribution < 1.29 is 31.8 Å². The second-order valence-corrected chi connectivity index (χ2v) is 14.7. The third kappa shape index (κ3) is 7.56. The normalized spacial score (nSPS) is 19.8. The Kier molecular flexibility index (Phi) is 9.39. The van der Waals surface area contributed by atoms with Gasteiger partial charge in [0, 0.05) is 51.6 Å². The number of H-pyrrole nitrogens is 1. The van der Waals surface area contributed by atoms with Crippen molar-refractivity contribution in [2.75, 3.05) is 44.7 Å². The van der Waals surface area contributed by atoms with Crippen LogP contribution in [0.15, 0.2) is 54.6 Å². The average Bonchev–Trinajstić information content (AvgIpc) is 3.44. The molecule has 1 aromatic heterocycles. The zero-order valence-electron chi connectivity index (χ0n) is 25.7. The van der Waals surface area contributed by atoms with Gasteiger partial charge in [0.05, 0.1) is 22.8 Å². The fourth-order valence-electron chi connectivity index (χ4n) is 6.32. The largest absolute Gasteiger partial charge is 0.481 e. The zero-order chi connectivity index (χ0) is 32.4. The quantitative estimate of drug-likeness (QED) is 0.235. The van der Waals surface area contributed by atoms with Gasteiger partial charge in [0.1, 0.15) is 27.3 Å². The topological polar surface area (TPSA) is 116 Å². The number of nitrogens with zero attached hydrogens (tertiary/aromatic N) is 3. The van der Waals surface area contributed by atoms with Crippen molar-refractivity contribution in [1.29, 1.82) is 0 Å². The summed E-state index contributed by atoms with van der Waals surface area (Å²) in [7, 11) is -2.96. The number of aliphatic carboxylic acids is 1. The molecule has 2 N–H and O–H groups in total. The summed E-state index contributed by atoms with van der Waals surface area (Å²) in [6.45, 7) is 4.85. The van der Waals surface area contributed by atoms with E-state index in [1.165, 1.54) is 17.9 Å². The molecule has 244 valence electrons. The molecule has 46 heavy (non-hydrogen) atoms. The number of benzene rings is 3. The molecule has 6 rings (SSSR count). The molecule has 0 unspecified atom stereocenters. The van der Waals surface area contributed by atoms with Crippen molar-refractivity contribution in [3.8, 4) is 28.3 Å². The molecule has 12 heteroatoms. The number of sulfone groups is 1. The minimum Gasteiger partial charge on any atom is -0.481 e. The molecular weight excluding hydrogens is 614 g/mol. The van der Waals surface area contributed by atoms with Gasteiger partial charge < -0.3 is 14.8 Å². The van der Waals surface area contributed by atoms with Gasteiger partial charge in [-0.15, -0.1) is 0 Å². The Morgan fingerprint density at radius 2 is 1.52 bits per heavy atom. The highest BCUT2D eigenvalue weighted by atomic mass is 32.2. The van der Waals surface area contributed by atoms with Gasteiger partial charge in [0.25, 0.3) is 6.01 Å². The lowest BCUT2D eigenvalue weighted by Crippen LogP contribution is -2.47. The van der Waals surface area contributed by atoms with Crippen LogP contribution in [0.2, 0.25) is 0 Å². The number of halogens is 2. The zero-order valence-corrected chi connectivity index (χ0v) is 26.5. The molecule has 1 aliphatic carbocycles. The summed E-state index contributed by atoms with van der Waals surface area (Å²) >= 11 is 0. The van der Waals surface area contributed by atoms with E-state index in [0.717, 1.165) is 43.9 Å². The van der Waals surface area contributed by atoms with Crippen LogP contribution in [0.3, 0.4) is 0 Å². The first-order valence-electron chi connectivity index (χ1n) is 15.6. The second-order valence-electron chi connectivity index (χ2n) is 12.4. The van der Waals surface area contributed by atoms with E-state index in [1.807, 2.05) is 24.3 Å². The summed E-state index contributed by atoms with van der Waals surface area (Å²) in [6, 6.07) is 16.6. The van der Waals surface area contributed by atoms with Gasteiger partial charge in [-0.1, -0.05) is 48.5 Å². The number of piperazine rings is 1. The number of fused-ring (bicyclic) bond motifs is 1. The highest BCUT2D eigenvalue weighted by molar-refractivity contribution is 7.90. The number of nitrogens with one attached hydrogen (secondary N) is 1. The molecule has 0 bridgehead atoms. The minimum atomic E-state index is -2.96. The molecule has 1 saturated carbocycles. The molecule has 0 atom stereocenters. The second kappa shape index (κ2) is 13.5. The van der Waals surface area contributed by atoms with Crippen molar-refractivity contribution in [1.82, 2.24) is 19.8 Å². The Hall–Kier alpha value is -3.87. The molecule has 0 amide bonds. The highest BCUT2D eigenvalue weighted by Gasteiger charge is 2.28. The van der Waals surface area contributed by atoms with Crippen LogP contribution in [0, 0.1) is 17.6 Å². The fourth-order valence-corrected chi connectivity index (χ4v) is 6.91. The number of aromatic nitrogens is 2. The van der Waals surface area contributed by atoms with Gasteiger partial charge >= 0.3 is 5.97 Å². The molecule has 0 radical (unpaired) electrons. The number of ether oxygens (including phenoxy) is 1. The first kappa shape index (κ1) is 32.1. The summed E-state index contributed by atoms with van der Waals surface area (Å²) < 4.78 is 59.6. The summed E-state index contributed by atoms with van der Waals surface area (Å²) in [4.78, 5) is 22.9. The van der Waals surface area contributed by atoms with E-state index in [2.05, 4.69) is 31.9 Å². The number of carboxylic acids is 1. The Bertz CT molecular complexity index is 1800. The number of hydrogen-bond donors (Lipinski definition) is 2. The van der Waals surface area contributed by atoms with E-state index in [-0.39, 0.29) is 40.4 Å². The maximum Gasteiger partial charge on any atom is 0.306 e. The van der Waals surface area contributed by atoms with Gasteiger partial charge in [0.2, 0.25) is 0 Å². The smallest absolute Gasteiger partial charge is 0.306 e. The molecule has 1 aliphatic heterocycles. The molecule has 0 spiro atoms. The maximum absolute atomic E-state index is 15.6. The third-order valence-electron chi connectivity index (χ3n) is 9.06. The lowest BCUT2D eigenvalue weighted by Gasteiger charge is -2.34. The summed E-state index contributed by atoms with van der Waals surface area (Å²) in [5, 5.41) is 9.20. The first-order valence-corrected chi connectivity index (χ1v) is 17.7. The molecule has 4 aromatic rings. The lowest BCUT2D eigenvalue weighted by atomic mass is 9.87. The van der Waals surface area contributed by atoms with Crippen molar-refractivity contribution in [2.45, 2.75) is 38.3 Å². The van der Waals surface area contributed by atoms with Crippen LogP contribution in [-0.4, -0.2) is 90.1 Å². The SMILES string of the molecule is CS(=O)(=O)CCN1CCN(Cc2ccc(-c3ccc(-c4c(F)cc5[nH]c(O[C@H]6CC[C@H](C(=O)O)CC6)nc5c4F)cc3)cc2)CC1. The third-order valence-corrected chi connectivity index (χ3v) is 9.98. The Balaban J connectivity index is 1.08. The number of carbonyl (C=O) groups is 1. The standard InChI is InChI=1S/C34H38F2N4O5S/c1-46(43,44)19-18-39-14-16-40(17-15-39)21-22-2-4-23(5-3-22)24-6-8-25(9-7-24)30-28(35)20-29-32(31(30)36)38-34(37-29)45-27-12-10-26(11-13-27)33(41)42/h2-9,20,26-27H,10-19,21H2,1H3,(H,37,38)(H,41,42)/t26-,27-. The molecule has 2 aliphatic rings. The summed E-state index contributed by atoms with van der Waals surface area (Å²) in [5.41, 5.74) is 3.50. The monoisotopic (exact) mass is 652 g/mol. The summed E-state index contributed by atoms with van der Waals surface area (Å²) in [6.07, 6.45) is 3.15. The van der Waals surface area contributed by atoms with Gasteiger partial charge in [-0.2, -0.15) is 4.98 Å². The van der Waals surface area contributed by atoms with Crippen molar-refractivity contribution in [3.63, 3.8) is 0 Å². The Morgan fingerprint density at radius 1 is 0.935 bits per heavy atom. The van der Waals surface area contributed by atoms with Gasteiger partial charge in [-0.05, 0) is 47.9 Å². The van der Waals surface area contributed by atoms with Crippen molar-refractivity contribution >= 4 is 26.8 Å². The maximum atomic E-state index is 15.6. The fraction of sp³-hybridized carbons (Fsp3) is 0.412. The van der Waals surface area contributed by atoms with E-state index in [9.17, 15) is 18.3 Å². The van der Waals surface area contributed by atoms with E-state index >= 15 is 8.78 Å². The number of rotatable bonds is 10. The van der Waals surface area contributed by atoms with Gasteiger partial charge in [-0.25, -0.2) is 17.2 Å². The summed E-state index contributed by atoms with van der Waals surface area (Å²) in [5.74, 6) is -2.48. The molecular formula is C34H38F2N4O5S. The number of imidazole rings is 1. The van der Waals surface area contributed by atoms with Crippen LogP contribution >= 0.6 is 0 Å². The van der Waals surface area contributed by atoms with Crippen molar-refractivity contribution in [3.05, 3.63) is 71.8 Å².